The van der Waals surface area contributed by atoms with Gasteiger partial charge in [-0.15, -0.1) is 0 Å². The number of rotatable bonds is 5. The van der Waals surface area contributed by atoms with Gasteiger partial charge in [0.1, 0.15) is 5.82 Å². The fourth-order valence-electron chi connectivity index (χ4n) is 1.57. The molecule has 1 N–H and O–H groups in total. The third-order valence-electron chi connectivity index (χ3n) is 2.42. The molecule has 0 fully saturated rings. The molecule has 0 aromatic carbocycles. The highest BCUT2D eigenvalue weighted by atomic mass is 16.4. The summed E-state index contributed by atoms with van der Waals surface area (Å²) in [5.74, 6) is -0.143. The predicted molar refractivity (Wildman–Crippen MR) is 65.8 cm³/mol. The highest BCUT2D eigenvalue weighted by Gasteiger charge is 2.04. The van der Waals surface area contributed by atoms with Crippen molar-refractivity contribution in [3.63, 3.8) is 0 Å². The summed E-state index contributed by atoms with van der Waals surface area (Å²) < 4.78 is 0. The molecular weight excluding hydrogens is 230 g/mol. The summed E-state index contributed by atoms with van der Waals surface area (Å²) in [5.41, 5.74) is 1.55. The Balaban J connectivity index is 2.08. The monoisotopic (exact) mass is 243 g/mol. The van der Waals surface area contributed by atoms with E-state index < -0.39 is 5.97 Å². The molecule has 0 saturated heterocycles. The largest absolute Gasteiger partial charge is 0.481 e. The van der Waals surface area contributed by atoms with E-state index in [1.165, 1.54) is 0 Å². The summed E-state index contributed by atoms with van der Waals surface area (Å²) in [4.78, 5) is 23.1. The average Bonchev–Trinajstić information content (AvgIpc) is 2.40. The van der Waals surface area contributed by atoms with E-state index in [4.69, 9.17) is 5.11 Å². The van der Waals surface area contributed by atoms with Crippen LogP contribution in [-0.2, 0) is 11.2 Å². The maximum Gasteiger partial charge on any atom is 0.303 e. The van der Waals surface area contributed by atoms with Crippen LogP contribution in [0.1, 0.15) is 18.7 Å². The zero-order chi connectivity index (χ0) is 12.8. The van der Waals surface area contributed by atoms with Crippen molar-refractivity contribution in [2.24, 2.45) is 0 Å². The van der Waals surface area contributed by atoms with E-state index in [0.717, 1.165) is 11.4 Å². The summed E-state index contributed by atoms with van der Waals surface area (Å²) in [7, 11) is 0. The average molecular weight is 243 g/mol. The van der Waals surface area contributed by atoms with Crippen LogP contribution in [0.3, 0.4) is 0 Å². The molecule has 2 aromatic heterocycles. The van der Waals surface area contributed by atoms with E-state index in [-0.39, 0.29) is 6.42 Å². The van der Waals surface area contributed by atoms with Gasteiger partial charge in [-0.25, -0.2) is 9.97 Å². The van der Waals surface area contributed by atoms with E-state index in [0.29, 0.717) is 18.7 Å². The summed E-state index contributed by atoms with van der Waals surface area (Å²) in [6.07, 6.45) is 4.62. The first-order chi connectivity index (χ1) is 8.75. The van der Waals surface area contributed by atoms with Crippen molar-refractivity contribution >= 4 is 5.97 Å². The Morgan fingerprint density at radius 2 is 2.00 bits per heavy atom. The molecule has 0 saturated carbocycles. The lowest BCUT2D eigenvalue weighted by molar-refractivity contribution is -0.137. The summed E-state index contributed by atoms with van der Waals surface area (Å²) in [6, 6.07) is 7.42. The van der Waals surface area contributed by atoms with E-state index in [2.05, 4.69) is 15.0 Å². The molecular formula is C13H13N3O2. The topological polar surface area (TPSA) is 76.0 Å². The van der Waals surface area contributed by atoms with Gasteiger partial charge in [0.2, 0.25) is 0 Å². The molecule has 0 unspecified atom stereocenters. The van der Waals surface area contributed by atoms with Crippen LogP contribution in [0.4, 0.5) is 0 Å². The number of carboxylic acid groups (broad SMARTS) is 1. The van der Waals surface area contributed by atoms with Crippen molar-refractivity contribution in [2.75, 3.05) is 0 Å². The summed E-state index contributed by atoms with van der Waals surface area (Å²) in [5, 5.41) is 8.57. The van der Waals surface area contributed by atoms with Crippen LogP contribution < -0.4 is 0 Å². The van der Waals surface area contributed by atoms with Gasteiger partial charge in [0.05, 0.1) is 11.4 Å². The minimum atomic E-state index is -0.795. The molecule has 18 heavy (non-hydrogen) atoms. The number of aryl methyl sites for hydroxylation is 1. The van der Waals surface area contributed by atoms with E-state index >= 15 is 0 Å². The van der Waals surface area contributed by atoms with Gasteiger partial charge in [-0.2, -0.15) is 0 Å². The van der Waals surface area contributed by atoms with Crippen molar-refractivity contribution in [3.05, 3.63) is 42.5 Å². The van der Waals surface area contributed by atoms with Crippen LogP contribution in [0.25, 0.3) is 11.4 Å². The molecule has 2 rings (SSSR count). The molecule has 0 bridgehead atoms. The highest BCUT2D eigenvalue weighted by Crippen LogP contribution is 2.13. The lowest BCUT2D eigenvalue weighted by atomic mass is 10.2. The Hall–Kier alpha value is -2.30. The Kier molecular flexibility index (Phi) is 3.96. The molecule has 2 heterocycles. The second kappa shape index (κ2) is 5.86. The molecule has 0 aliphatic rings. The van der Waals surface area contributed by atoms with Gasteiger partial charge in [0.15, 0.2) is 0 Å². The zero-order valence-corrected chi connectivity index (χ0v) is 9.78. The van der Waals surface area contributed by atoms with Crippen molar-refractivity contribution in [3.8, 4) is 11.4 Å². The molecule has 0 radical (unpaired) electrons. The highest BCUT2D eigenvalue weighted by molar-refractivity contribution is 5.66. The van der Waals surface area contributed by atoms with Crippen LogP contribution in [0.5, 0.6) is 0 Å². The minimum absolute atomic E-state index is 0.136. The van der Waals surface area contributed by atoms with Gasteiger partial charge in [-0.3, -0.25) is 9.78 Å². The first kappa shape index (κ1) is 12.2. The lowest BCUT2D eigenvalue weighted by Gasteiger charge is -2.02. The second-order valence-electron chi connectivity index (χ2n) is 3.82. The van der Waals surface area contributed by atoms with Crippen molar-refractivity contribution < 1.29 is 9.90 Å². The first-order valence-corrected chi connectivity index (χ1v) is 5.71. The Morgan fingerprint density at radius 1 is 1.11 bits per heavy atom. The normalized spacial score (nSPS) is 10.2. The van der Waals surface area contributed by atoms with Crippen LogP contribution in [-0.4, -0.2) is 26.0 Å². The van der Waals surface area contributed by atoms with Gasteiger partial charge in [-0.1, -0.05) is 6.07 Å². The van der Waals surface area contributed by atoms with E-state index in [1.807, 2.05) is 18.2 Å². The number of nitrogens with zero attached hydrogens (tertiary/aromatic N) is 3. The molecule has 0 amide bonds. The van der Waals surface area contributed by atoms with Crippen LogP contribution in [0.15, 0.2) is 36.7 Å². The van der Waals surface area contributed by atoms with Crippen LogP contribution in [0, 0.1) is 0 Å². The van der Waals surface area contributed by atoms with Gasteiger partial charge in [0.25, 0.3) is 0 Å². The van der Waals surface area contributed by atoms with Crippen LogP contribution >= 0.6 is 0 Å². The lowest BCUT2D eigenvalue weighted by Crippen LogP contribution is -2.00. The number of aromatic nitrogens is 3. The number of carbonyl (C=O) groups is 1. The molecule has 0 spiro atoms. The SMILES string of the molecule is O=C(O)CCCc1nccc(-c2ccccn2)n1. The molecule has 92 valence electrons. The quantitative estimate of drug-likeness (QED) is 0.868. The third-order valence-corrected chi connectivity index (χ3v) is 2.42. The third kappa shape index (κ3) is 3.35. The number of aliphatic carboxylic acids is 1. The van der Waals surface area contributed by atoms with Crippen LogP contribution in [0.2, 0.25) is 0 Å². The number of hydrogen-bond acceptors (Lipinski definition) is 4. The Labute approximate surface area is 105 Å². The van der Waals surface area contributed by atoms with Crippen molar-refractivity contribution in [1.29, 1.82) is 0 Å². The van der Waals surface area contributed by atoms with E-state index in [9.17, 15) is 4.79 Å². The van der Waals surface area contributed by atoms with Crippen molar-refractivity contribution in [2.45, 2.75) is 19.3 Å². The first-order valence-electron chi connectivity index (χ1n) is 5.71. The molecule has 0 atom stereocenters. The minimum Gasteiger partial charge on any atom is -0.481 e. The van der Waals surface area contributed by atoms with Crippen molar-refractivity contribution in [1.82, 2.24) is 15.0 Å². The Bertz CT molecular complexity index is 529. The summed E-state index contributed by atoms with van der Waals surface area (Å²) in [6.45, 7) is 0. The van der Waals surface area contributed by atoms with Gasteiger partial charge < -0.3 is 5.11 Å². The maximum atomic E-state index is 10.4. The molecule has 0 aliphatic heterocycles. The molecule has 0 aliphatic carbocycles. The molecule has 5 nitrogen and oxygen atoms in total. The van der Waals surface area contributed by atoms with E-state index in [1.54, 1.807) is 18.5 Å². The number of carboxylic acids is 1. The van der Waals surface area contributed by atoms with Gasteiger partial charge in [-0.05, 0) is 24.6 Å². The standard InChI is InChI=1S/C13H13N3O2/c17-13(18)6-3-5-12-15-9-7-11(16-12)10-4-1-2-8-14-10/h1-2,4,7-9H,3,5-6H2,(H,17,18). The second-order valence-corrected chi connectivity index (χ2v) is 3.82. The summed E-state index contributed by atoms with van der Waals surface area (Å²) >= 11 is 0. The fraction of sp³-hybridized carbons (Fsp3) is 0.231. The van der Waals surface area contributed by atoms with Gasteiger partial charge >= 0.3 is 5.97 Å². The number of pyridine rings is 1. The maximum absolute atomic E-state index is 10.4. The zero-order valence-electron chi connectivity index (χ0n) is 9.78. The Morgan fingerprint density at radius 3 is 2.72 bits per heavy atom. The predicted octanol–water partition coefficient (Wildman–Crippen LogP) is 1.95. The fourth-order valence-corrected chi connectivity index (χ4v) is 1.57. The van der Waals surface area contributed by atoms with Gasteiger partial charge in [0, 0.05) is 25.2 Å². The molecule has 2 aromatic rings. The smallest absolute Gasteiger partial charge is 0.303 e. The number of hydrogen-bond donors (Lipinski definition) is 1. The molecule has 5 heteroatoms.